The van der Waals surface area contributed by atoms with Gasteiger partial charge in [0.1, 0.15) is 18.0 Å². The van der Waals surface area contributed by atoms with Gasteiger partial charge in [0.05, 0.1) is 13.1 Å². The van der Waals surface area contributed by atoms with Crippen LogP contribution in [0.15, 0.2) is 78.9 Å². The number of amides is 4. The number of nitrogens with zero attached hydrogens (tertiary/aromatic N) is 5. The summed E-state index contributed by atoms with van der Waals surface area (Å²) in [4.78, 5) is 47.2. The van der Waals surface area contributed by atoms with E-state index in [2.05, 4.69) is 5.32 Å². The average molecular weight is 585 g/mol. The number of aromatic hydroxyl groups is 1. The Morgan fingerprint density at radius 1 is 0.953 bits per heavy atom. The molecule has 2 saturated heterocycles. The molecule has 3 aromatic carbocycles. The number of carbonyl (C=O) groups excluding carboxylic acids is 3. The Hall–Kier alpha value is -4.57. The molecule has 0 bridgehead atoms. The Labute approximate surface area is 253 Å². The summed E-state index contributed by atoms with van der Waals surface area (Å²) >= 11 is 0. The molecule has 2 heterocycles. The SMILES string of the molecule is CCCN1CC(=O)N2[C@@H](Cc3ccc(O)cc3)C(=O)N(Cc3cccc(N(C)C)c3)C[C@@H]2N1C(=O)NCc1ccccc1. The Morgan fingerprint density at radius 2 is 1.67 bits per heavy atom. The molecule has 0 unspecified atom stereocenters. The van der Waals surface area contributed by atoms with Crippen LogP contribution in [0.4, 0.5) is 10.5 Å². The highest BCUT2D eigenvalue weighted by molar-refractivity contribution is 5.91. The molecule has 3 aromatic rings. The molecule has 0 aromatic heterocycles. The fourth-order valence-corrected chi connectivity index (χ4v) is 5.85. The number of hydrogen-bond acceptors (Lipinski definition) is 6. The third-order valence-corrected chi connectivity index (χ3v) is 7.97. The van der Waals surface area contributed by atoms with Crippen molar-refractivity contribution in [1.29, 1.82) is 0 Å². The van der Waals surface area contributed by atoms with Gasteiger partial charge < -0.3 is 25.1 Å². The third kappa shape index (κ3) is 6.75. The normalized spacial score (nSPS) is 18.9. The van der Waals surface area contributed by atoms with Crippen molar-refractivity contribution in [3.63, 3.8) is 0 Å². The lowest BCUT2D eigenvalue weighted by molar-refractivity contribution is -0.190. The van der Waals surface area contributed by atoms with Crippen LogP contribution in [0.5, 0.6) is 5.75 Å². The monoisotopic (exact) mass is 584 g/mol. The van der Waals surface area contributed by atoms with Gasteiger partial charge in [-0.2, -0.15) is 0 Å². The second-order valence-electron chi connectivity index (χ2n) is 11.3. The number of benzene rings is 3. The molecule has 0 radical (unpaired) electrons. The molecule has 43 heavy (non-hydrogen) atoms. The van der Waals surface area contributed by atoms with Crippen LogP contribution in [0.2, 0.25) is 0 Å². The highest BCUT2D eigenvalue weighted by atomic mass is 16.3. The van der Waals surface area contributed by atoms with E-state index in [0.29, 0.717) is 19.6 Å². The zero-order chi connectivity index (χ0) is 30.5. The van der Waals surface area contributed by atoms with Gasteiger partial charge in [-0.3, -0.25) is 9.59 Å². The second kappa shape index (κ2) is 13.2. The largest absolute Gasteiger partial charge is 0.508 e. The number of phenols is 1. The summed E-state index contributed by atoms with van der Waals surface area (Å²) in [5.41, 5.74) is 3.77. The summed E-state index contributed by atoms with van der Waals surface area (Å²) in [6.45, 7) is 3.41. The molecule has 0 spiro atoms. The summed E-state index contributed by atoms with van der Waals surface area (Å²) in [5.74, 6) is -0.219. The van der Waals surface area contributed by atoms with E-state index in [-0.39, 0.29) is 43.1 Å². The van der Waals surface area contributed by atoms with Crippen molar-refractivity contribution < 1.29 is 19.5 Å². The maximum atomic E-state index is 14.2. The first-order chi connectivity index (χ1) is 20.7. The minimum absolute atomic E-state index is 0.00728. The van der Waals surface area contributed by atoms with Crippen LogP contribution in [-0.4, -0.2) is 88.7 Å². The molecule has 2 fully saturated rings. The molecule has 0 saturated carbocycles. The van der Waals surface area contributed by atoms with Crippen molar-refractivity contribution >= 4 is 23.5 Å². The smallest absolute Gasteiger partial charge is 0.334 e. The van der Waals surface area contributed by atoms with Crippen LogP contribution < -0.4 is 10.2 Å². The van der Waals surface area contributed by atoms with Crippen LogP contribution in [0.25, 0.3) is 0 Å². The van der Waals surface area contributed by atoms with Crippen LogP contribution >= 0.6 is 0 Å². The molecular formula is C33H40N6O4. The summed E-state index contributed by atoms with van der Waals surface area (Å²) in [6, 6.07) is 23.3. The first-order valence-corrected chi connectivity index (χ1v) is 14.7. The minimum Gasteiger partial charge on any atom is -0.508 e. The summed E-state index contributed by atoms with van der Waals surface area (Å²) < 4.78 is 0. The molecule has 5 rings (SSSR count). The predicted molar refractivity (Wildman–Crippen MR) is 165 cm³/mol. The Balaban J connectivity index is 1.49. The molecule has 2 aliphatic heterocycles. The lowest BCUT2D eigenvalue weighted by atomic mass is 9.98. The van der Waals surface area contributed by atoms with Gasteiger partial charge in [0.2, 0.25) is 11.8 Å². The summed E-state index contributed by atoms with van der Waals surface area (Å²) in [6.07, 6.45) is 0.336. The fraction of sp³-hybridized carbons (Fsp3) is 0.364. The van der Waals surface area contributed by atoms with Gasteiger partial charge in [0, 0.05) is 45.8 Å². The predicted octanol–water partition coefficient (Wildman–Crippen LogP) is 3.42. The van der Waals surface area contributed by atoms with E-state index in [1.807, 2.05) is 85.5 Å². The second-order valence-corrected chi connectivity index (χ2v) is 11.3. The standard InChI is InChI=1S/C33H40N6O4/c1-4-17-37-23-31(41)38-29(19-24-13-15-28(40)16-14-24)32(42)36(21-26-11-8-12-27(18-26)35(2)3)22-30(38)39(37)33(43)34-20-25-9-6-5-7-10-25/h5-16,18,29-30,40H,4,17,19-23H2,1-3H3,(H,34,43)/t29-,30-/m0/s1. The van der Waals surface area contributed by atoms with Gasteiger partial charge >= 0.3 is 6.03 Å². The number of anilines is 1. The van der Waals surface area contributed by atoms with Crippen molar-refractivity contribution in [2.24, 2.45) is 0 Å². The van der Waals surface area contributed by atoms with E-state index in [1.54, 1.807) is 39.1 Å². The summed E-state index contributed by atoms with van der Waals surface area (Å²) in [7, 11) is 3.94. The maximum Gasteiger partial charge on any atom is 0.334 e. The van der Waals surface area contributed by atoms with Crippen molar-refractivity contribution in [2.75, 3.05) is 38.6 Å². The Kier molecular flexibility index (Phi) is 9.16. The number of fused-ring (bicyclic) bond motifs is 1. The van der Waals surface area contributed by atoms with Gasteiger partial charge in [0.25, 0.3) is 0 Å². The quantitative estimate of drug-likeness (QED) is 0.400. The summed E-state index contributed by atoms with van der Waals surface area (Å²) in [5, 5.41) is 16.3. The van der Waals surface area contributed by atoms with E-state index >= 15 is 0 Å². The number of hydrazine groups is 1. The number of carbonyl (C=O) groups is 3. The molecule has 2 aliphatic rings. The third-order valence-electron chi connectivity index (χ3n) is 7.97. The first-order valence-electron chi connectivity index (χ1n) is 14.7. The lowest BCUT2D eigenvalue weighted by Gasteiger charge is -2.55. The molecule has 4 amide bonds. The van der Waals surface area contributed by atoms with E-state index in [0.717, 1.165) is 28.8 Å². The zero-order valence-corrected chi connectivity index (χ0v) is 25.0. The molecule has 2 N–H and O–H groups in total. The fourth-order valence-electron chi connectivity index (χ4n) is 5.85. The molecule has 10 heteroatoms. The van der Waals surface area contributed by atoms with E-state index < -0.39 is 12.2 Å². The van der Waals surface area contributed by atoms with E-state index in [1.165, 1.54) is 0 Å². The van der Waals surface area contributed by atoms with E-state index in [9.17, 15) is 19.5 Å². The molecule has 0 aliphatic carbocycles. The number of urea groups is 1. The van der Waals surface area contributed by atoms with Gasteiger partial charge in [-0.05, 0) is 47.4 Å². The van der Waals surface area contributed by atoms with Crippen molar-refractivity contribution in [2.45, 2.75) is 45.1 Å². The number of rotatable bonds is 9. The minimum atomic E-state index is -0.805. The number of phenolic OH excluding ortho intramolecular Hbond substituents is 1. The topological polar surface area (TPSA) is 99.7 Å². The highest BCUT2D eigenvalue weighted by Crippen LogP contribution is 2.30. The van der Waals surface area contributed by atoms with Crippen molar-refractivity contribution in [1.82, 2.24) is 25.1 Å². The molecular weight excluding hydrogens is 544 g/mol. The first kappa shape index (κ1) is 29.9. The molecule has 2 atom stereocenters. The average Bonchev–Trinajstić information content (AvgIpc) is 3.00. The van der Waals surface area contributed by atoms with Gasteiger partial charge in [0.15, 0.2) is 0 Å². The van der Waals surface area contributed by atoms with Crippen LogP contribution in [0.3, 0.4) is 0 Å². The zero-order valence-electron chi connectivity index (χ0n) is 25.0. The van der Waals surface area contributed by atoms with Crippen LogP contribution in [0, 0.1) is 0 Å². The molecule has 10 nitrogen and oxygen atoms in total. The van der Waals surface area contributed by atoms with Crippen LogP contribution in [-0.2, 0) is 29.1 Å². The van der Waals surface area contributed by atoms with Crippen LogP contribution in [0.1, 0.15) is 30.0 Å². The number of hydrogen-bond donors (Lipinski definition) is 2. The van der Waals surface area contributed by atoms with E-state index in [4.69, 9.17) is 0 Å². The van der Waals surface area contributed by atoms with Gasteiger partial charge in [-0.25, -0.2) is 14.8 Å². The Morgan fingerprint density at radius 3 is 2.37 bits per heavy atom. The Bertz CT molecular complexity index is 1430. The lowest BCUT2D eigenvalue weighted by Crippen LogP contribution is -2.76. The number of piperazine rings is 1. The molecule has 226 valence electrons. The van der Waals surface area contributed by atoms with Gasteiger partial charge in [-0.1, -0.05) is 61.5 Å². The van der Waals surface area contributed by atoms with Gasteiger partial charge in [-0.15, -0.1) is 0 Å². The van der Waals surface area contributed by atoms with Crippen molar-refractivity contribution in [3.05, 3.63) is 95.6 Å². The number of nitrogens with one attached hydrogen (secondary N) is 1. The maximum absolute atomic E-state index is 14.2. The highest BCUT2D eigenvalue weighted by Gasteiger charge is 2.51. The van der Waals surface area contributed by atoms with Crippen molar-refractivity contribution in [3.8, 4) is 5.75 Å².